The molecule has 0 radical (unpaired) electrons. The monoisotopic (exact) mass is 346 g/mol. The van der Waals surface area contributed by atoms with E-state index in [1.807, 2.05) is 6.92 Å². The summed E-state index contributed by atoms with van der Waals surface area (Å²) >= 11 is 5.67. The van der Waals surface area contributed by atoms with Gasteiger partial charge in [-0.3, -0.25) is 0 Å². The summed E-state index contributed by atoms with van der Waals surface area (Å²) in [5.41, 5.74) is 0. The Bertz CT molecular complexity index is 232. The van der Waals surface area contributed by atoms with Gasteiger partial charge in [-0.05, 0) is 32.6 Å². The summed E-state index contributed by atoms with van der Waals surface area (Å²) in [4.78, 5) is 0. The number of rotatable bonds is 19. The summed E-state index contributed by atoms with van der Waals surface area (Å²) < 4.78 is 10.4. The van der Waals surface area contributed by atoms with E-state index >= 15 is 0 Å². The van der Waals surface area contributed by atoms with Gasteiger partial charge in [-0.25, -0.2) is 0 Å². The predicted octanol–water partition coefficient (Wildman–Crippen LogP) is 6.86. The van der Waals surface area contributed by atoms with Crippen LogP contribution in [0.2, 0.25) is 0 Å². The lowest BCUT2D eigenvalue weighted by atomic mass is 10.1. The molecule has 0 aliphatic rings. The predicted molar refractivity (Wildman–Crippen MR) is 102 cm³/mol. The summed E-state index contributed by atoms with van der Waals surface area (Å²) in [6.07, 6.45) is 21.8. The number of hydrogen-bond donors (Lipinski definition) is 0. The van der Waals surface area contributed by atoms with Crippen molar-refractivity contribution >= 4 is 11.6 Å². The van der Waals surface area contributed by atoms with Gasteiger partial charge in [-0.1, -0.05) is 69.9 Å². The first kappa shape index (κ1) is 22.9. The Kier molecular flexibility index (Phi) is 21.9. The number of ether oxygens (including phenoxy) is 2. The first-order valence-corrected chi connectivity index (χ1v) is 10.3. The van der Waals surface area contributed by atoms with Gasteiger partial charge in [0.15, 0.2) is 0 Å². The van der Waals surface area contributed by atoms with Gasteiger partial charge in [0.05, 0.1) is 6.61 Å². The molecule has 0 amide bonds. The Hall–Kier alpha value is -0.0500. The molecule has 0 bridgehead atoms. The van der Waals surface area contributed by atoms with E-state index in [9.17, 15) is 0 Å². The topological polar surface area (TPSA) is 18.5 Å². The molecule has 3 heteroatoms. The fourth-order valence-corrected chi connectivity index (χ4v) is 2.72. The molecule has 0 fully saturated rings. The van der Waals surface area contributed by atoms with E-state index in [2.05, 4.69) is 12.2 Å². The van der Waals surface area contributed by atoms with Crippen LogP contribution in [-0.4, -0.2) is 25.9 Å². The molecule has 0 aromatic rings. The molecule has 0 aromatic heterocycles. The standard InChI is InChI=1S/C20H39ClO2/c1-2-22-20-23-19-17-15-13-11-9-7-5-3-4-6-8-10-12-14-16-18-21/h13,15H,2-12,14,16-20H2,1H3. The van der Waals surface area contributed by atoms with Crippen molar-refractivity contribution < 1.29 is 9.47 Å². The SMILES string of the molecule is CCOCOCCC=CCCCCCCCCCCCCCCl. The first-order chi connectivity index (χ1) is 11.4. The second kappa shape index (κ2) is 21.9. The van der Waals surface area contributed by atoms with Crippen molar-refractivity contribution in [2.24, 2.45) is 0 Å². The summed E-state index contributed by atoms with van der Waals surface area (Å²) in [5, 5.41) is 0. The second-order valence-electron chi connectivity index (χ2n) is 6.15. The molecular formula is C20H39ClO2. The quantitative estimate of drug-likeness (QED) is 0.110. The molecule has 0 atom stereocenters. The normalized spacial score (nSPS) is 11.6. The van der Waals surface area contributed by atoms with Crippen molar-refractivity contribution in [3.8, 4) is 0 Å². The van der Waals surface area contributed by atoms with Crippen LogP contribution in [0.5, 0.6) is 0 Å². The molecule has 0 saturated carbocycles. The van der Waals surface area contributed by atoms with Crippen LogP contribution in [0.15, 0.2) is 12.2 Å². The maximum atomic E-state index is 5.67. The van der Waals surface area contributed by atoms with E-state index in [-0.39, 0.29) is 0 Å². The molecule has 0 unspecified atom stereocenters. The van der Waals surface area contributed by atoms with Gasteiger partial charge in [-0.15, -0.1) is 11.6 Å². The minimum Gasteiger partial charge on any atom is -0.356 e. The number of allylic oxidation sites excluding steroid dienone is 1. The molecule has 2 nitrogen and oxygen atoms in total. The van der Waals surface area contributed by atoms with Crippen LogP contribution >= 0.6 is 11.6 Å². The fourth-order valence-electron chi connectivity index (χ4n) is 2.54. The molecule has 0 aliphatic carbocycles. The van der Waals surface area contributed by atoms with E-state index < -0.39 is 0 Å². The van der Waals surface area contributed by atoms with Crippen LogP contribution in [0.4, 0.5) is 0 Å². The minimum atomic E-state index is 0.428. The van der Waals surface area contributed by atoms with Crippen molar-refractivity contribution in [3.63, 3.8) is 0 Å². The number of unbranched alkanes of at least 4 members (excludes halogenated alkanes) is 11. The number of halogens is 1. The van der Waals surface area contributed by atoms with Gasteiger partial charge in [-0.2, -0.15) is 0 Å². The maximum Gasteiger partial charge on any atom is 0.146 e. The molecule has 0 saturated heterocycles. The Morgan fingerprint density at radius 2 is 1.17 bits per heavy atom. The Morgan fingerprint density at radius 1 is 0.652 bits per heavy atom. The van der Waals surface area contributed by atoms with Gasteiger partial charge in [0, 0.05) is 12.5 Å². The van der Waals surface area contributed by atoms with Gasteiger partial charge in [0.2, 0.25) is 0 Å². The Labute approximate surface area is 150 Å². The van der Waals surface area contributed by atoms with Crippen LogP contribution in [0.3, 0.4) is 0 Å². The molecule has 0 rings (SSSR count). The van der Waals surface area contributed by atoms with E-state index in [1.165, 1.54) is 77.0 Å². The molecule has 138 valence electrons. The largest absolute Gasteiger partial charge is 0.356 e. The van der Waals surface area contributed by atoms with E-state index in [0.717, 1.165) is 25.5 Å². The van der Waals surface area contributed by atoms with Crippen LogP contribution in [0.1, 0.15) is 90.4 Å². The highest BCUT2D eigenvalue weighted by Gasteiger charge is 1.93. The minimum absolute atomic E-state index is 0.428. The van der Waals surface area contributed by atoms with Gasteiger partial charge in [0.25, 0.3) is 0 Å². The molecular weight excluding hydrogens is 308 g/mol. The third kappa shape index (κ3) is 21.9. The molecule has 0 spiro atoms. The maximum absolute atomic E-state index is 5.67. The van der Waals surface area contributed by atoms with Crippen LogP contribution < -0.4 is 0 Å². The summed E-state index contributed by atoms with van der Waals surface area (Å²) in [6.45, 7) is 3.90. The molecule has 0 heterocycles. The summed E-state index contributed by atoms with van der Waals surface area (Å²) in [6, 6.07) is 0. The number of alkyl halides is 1. The first-order valence-electron chi connectivity index (χ1n) is 9.78. The smallest absolute Gasteiger partial charge is 0.146 e. The number of hydrogen-bond acceptors (Lipinski definition) is 2. The highest BCUT2D eigenvalue weighted by molar-refractivity contribution is 6.17. The molecule has 0 aliphatic heterocycles. The second-order valence-corrected chi connectivity index (χ2v) is 6.52. The average Bonchev–Trinajstić information content (AvgIpc) is 2.57. The third-order valence-electron chi connectivity index (χ3n) is 3.97. The van der Waals surface area contributed by atoms with E-state index in [4.69, 9.17) is 21.1 Å². The van der Waals surface area contributed by atoms with Crippen molar-refractivity contribution in [3.05, 3.63) is 12.2 Å². The zero-order valence-electron chi connectivity index (χ0n) is 15.4. The van der Waals surface area contributed by atoms with Crippen molar-refractivity contribution in [1.29, 1.82) is 0 Å². The van der Waals surface area contributed by atoms with Gasteiger partial charge in [0.1, 0.15) is 6.79 Å². The molecule has 0 N–H and O–H groups in total. The summed E-state index contributed by atoms with van der Waals surface area (Å²) in [7, 11) is 0. The Balaban J connectivity index is 3.02. The van der Waals surface area contributed by atoms with Crippen LogP contribution in [0, 0.1) is 0 Å². The highest BCUT2D eigenvalue weighted by Crippen LogP contribution is 2.12. The molecule has 23 heavy (non-hydrogen) atoms. The zero-order valence-corrected chi connectivity index (χ0v) is 16.1. The molecule has 0 aromatic carbocycles. The van der Waals surface area contributed by atoms with Crippen molar-refractivity contribution in [1.82, 2.24) is 0 Å². The zero-order chi connectivity index (χ0) is 16.8. The van der Waals surface area contributed by atoms with Crippen molar-refractivity contribution in [2.75, 3.05) is 25.9 Å². The lowest BCUT2D eigenvalue weighted by Gasteiger charge is -2.02. The van der Waals surface area contributed by atoms with E-state index in [1.54, 1.807) is 0 Å². The van der Waals surface area contributed by atoms with E-state index in [0.29, 0.717) is 6.79 Å². The van der Waals surface area contributed by atoms with Crippen LogP contribution in [-0.2, 0) is 9.47 Å². The Morgan fingerprint density at radius 3 is 1.74 bits per heavy atom. The average molecular weight is 347 g/mol. The fraction of sp³-hybridized carbons (Fsp3) is 0.900. The lowest BCUT2D eigenvalue weighted by Crippen LogP contribution is -1.99. The van der Waals surface area contributed by atoms with Gasteiger partial charge < -0.3 is 9.47 Å². The third-order valence-corrected chi connectivity index (χ3v) is 4.24. The highest BCUT2D eigenvalue weighted by atomic mass is 35.5. The van der Waals surface area contributed by atoms with Crippen molar-refractivity contribution in [2.45, 2.75) is 90.4 Å². The summed E-state index contributed by atoms with van der Waals surface area (Å²) in [5.74, 6) is 0.830. The van der Waals surface area contributed by atoms with Crippen LogP contribution in [0.25, 0.3) is 0 Å². The lowest BCUT2D eigenvalue weighted by molar-refractivity contribution is -0.0476. The van der Waals surface area contributed by atoms with Gasteiger partial charge >= 0.3 is 0 Å².